The molecule has 1 aromatic carbocycles. The second-order valence-corrected chi connectivity index (χ2v) is 3.88. The number of carbonyl (C=O) groups excluding carboxylic acids is 1. The molecule has 0 bridgehead atoms. The highest BCUT2D eigenvalue weighted by Crippen LogP contribution is 2.32. The predicted octanol–water partition coefficient (Wildman–Crippen LogP) is 3.98. The molecule has 0 aliphatic heterocycles. The summed E-state index contributed by atoms with van der Waals surface area (Å²) in [5.41, 5.74) is -1.75. The molecule has 21 heavy (non-hydrogen) atoms. The maximum Gasteiger partial charge on any atom is 0.433 e. The molecule has 1 aromatic heterocycles. The first kappa shape index (κ1) is 14.9. The fourth-order valence-corrected chi connectivity index (χ4v) is 1.47. The van der Waals surface area contributed by atoms with Gasteiger partial charge in [-0.15, -0.1) is 0 Å². The number of aldehydes is 1. The van der Waals surface area contributed by atoms with Crippen LogP contribution in [0.1, 0.15) is 16.1 Å². The molecule has 0 saturated heterocycles. The summed E-state index contributed by atoms with van der Waals surface area (Å²) >= 11 is 0. The molecule has 110 valence electrons. The lowest BCUT2D eigenvalue weighted by atomic mass is 10.2. The SMILES string of the molecule is O=Cc1ccc(Oc2ccnc(C(F)(F)F)c2)c(F)c1F. The zero-order valence-electron chi connectivity index (χ0n) is 10.1. The summed E-state index contributed by atoms with van der Waals surface area (Å²) in [6.07, 6.45) is -3.76. The van der Waals surface area contributed by atoms with Crippen molar-refractivity contribution in [3.63, 3.8) is 0 Å². The maximum absolute atomic E-state index is 13.6. The van der Waals surface area contributed by atoms with Crippen LogP contribution < -0.4 is 4.74 Å². The van der Waals surface area contributed by atoms with Crippen LogP contribution in [0.15, 0.2) is 30.5 Å². The highest BCUT2D eigenvalue weighted by Gasteiger charge is 2.32. The van der Waals surface area contributed by atoms with Gasteiger partial charge in [-0.25, -0.2) is 4.39 Å². The number of hydrogen-bond donors (Lipinski definition) is 0. The number of benzene rings is 1. The topological polar surface area (TPSA) is 39.2 Å². The van der Waals surface area contributed by atoms with E-state index < -0.39 is 34.8 Å². The molecule has 0 atom stereocenters. The van der Waals surface area contributed by atoms with Crippen molar-refractivity contribution in [3.8, 4) is 11.5 Å². The van der Waals surface area contributed by atoms with Gasteiger partial charge in [-0.1, -0.05) is 0 Å². The molecule has 0 unspecified atom stereocenters. The Labute approximate surface area is 115 Å². The lowest BCUT2D eigenvalue weighted by Gasteiger charge is -2.10. The molecule has 0 fully saturated rings. The van der Waals surface area contributed by atoms with Gasteiger partial charge in [0.05, 0.1) is 5.56 Å². The number of alkyl halides is 3. The third-order valence-electron chi connectivity index (χ3n) is 2.45. The van der Waals surface area contributed by atoms with Gasteiger partial charge in [0.15, 0.2) is 17.9 Å². The number of carbonyl (C=O) groups is 1. The number of hydrogen-bond acceptors (Lipinski definition) is 3. The number of aromatic nitrogens is 1. The zero-order chi connectivity index (χ0) is 15.6. The molecule has 0 aliphatic carbocycles. The lowest BCUT2D eigenvalue weighted by Crippen LogP contribution is -2.07. The lowest BCUT2D eigenvalue weighted by molar-refractivity contribution is -0.141. The van der Waals surface area contributed by atoms with Crippen LogP contribution in [0.25, 0.3) is 0 Å². The number of halogens is 5. The average Bonchev–Trinajstić information content (AvgIpc) is 2.44. The summed E-state index contributed by atoms with van der Waals surface area (Å²) in [5.74, 6) is -3.91. The van der Waals surface area contributed by atoms with Crippen LogP contribution in [0, 0.1) is 11.6 Å². The van der Waals surface area contributed by atoms with E-state index in [1.807, 2.05) is 0 Å². The average molecular weight is 303 g/mol. The third-order valence-corrected chi connectivity index (χ3v) is 2.45. The summed E-state index contributed by atoms with van der Waals surface area (Å²) in [4.78, 5) is 13.5. The quantitative estimate of drug-likeness (QED) is 0.636. The zero-order valence-corrected chi connectivity index (χ0v) is 10.1. The Morgan fingerprint density at radius 3 is 2.43 bits per heavy atom. The molecular formula is C13H6F5NO2. The summed E-state index contributed by atoms with van der Waals surface area (Å²) in [6.45, 7) is 0. The molecule has 0 spiro atoms. The fourth-order valence-electron chi connectivity index (χ4n) is 1.47. The molecule has 0 aliphatic rings. The molecule has 8 heteroatoms. The molecule has 0 amide bonds. The molecule has 1 heterocycles. The largest absolute Gasteiger partial charge is 0.454 e. The number of nitrogens with zero attached hydrogens (tertiary/aromatic N) is 1. The number of pyridine rings is 1. The van der Waals surface area contributed by atoms with E-state index >= 15 is 0 Å². The summed E-state index contributed by atoms with van der Waals surface area (Å²) in [5, 5.41) is 0. The Morgan fingerprint density at radius 1 is 1.10 bits per heavy atom. The van der Waals surface area contributed by atoms with Gasteiger partial charge in [-0.05, 0) is 18.2 Å². The molecule has 2 rings (SSSR count). The van der Waals surface area contributed by atoms with Crippen LogP contribution in [-0.2, 0) is 6.18 Å². The standard InChI is InChI=1S/C13H6F5NO2/c14-11-7(6-20)1-2-9(12(11)15)21-8-3-4-19-10(5-8)13(16,17)18/h1-6H. The van der Waals surface area contributed by atoms with Gasteiger partial charge in [0, 0.05) is 12.3 Å². The van der Waals surface area contributed by atoms with E-state index in [-0.39, 0.29) is 12.0 Å². The summed E-state index contributed by atoms with van der Waals surface area (Å²) in [7, 11) is 0. The molecule has 0 radical (unpaired) electrons. The van der Waals surface area contributed by atoms with Crippen molar-refractivity contribution >= 4 is 6.29 Å². The minimum atomic E-state index is -4.69. The maximum atomic E-state index is 13.6. The minimum Gasteiger partial charge on any atom is -0.454 e. The van der Waals surface area contributed by atoms with Crippen LogP contribution in [0.3, 0.4) is 0 Å². The van der Waals surface area contributed by atoms with Gasteiger partial charge in [0.25, 0.3) is 0 Å². The van der Waals surface area contributed by atoms with Gasteiger partial charge < -0.3 is 4.74 Å². The van der Waals surface area contributed by atoms with E-state index in [0.717, 1.165) is 24.4 Å². The molecule has 0 saturated carbocycles. The van der Waals surface area contributed by atoms with Crippen LogP contribution in [0.2, 0.25) is 0 Å². The Balaban J connectivity index is 2.35. The van der Waals surface area contributed by atoms with Gasteiger partial charge in [-0.3, -0.25) is 9.78 Å². The first-order valence-electron chi connectivity index (χ1n) is 5.47. The van der Waals surface area contributed by atoms with Crippen LogP contribution in [-0.4, -0.2) is 11.3 Å². The highest BCUT2D eigenvalue weighted by molar-refractivity contribution is 5.75. The Kier molecular flexibility index (Phi) is 3.88. The summed E-state index contributed by atoms with van der Waals surface area (Å²) in [6, 6.07) is 3.49. The van der Waals surface area contributed by atoms with E-state index in [1.54, 1.807) is 0 Å². The molecule has 2 aromatic rings. The smallest absolute Gasteiger partial charge is 0.433 e. The Bertz CT molecular complexity index is 685. The normalized spacial score (nSPS) is 11.3. The van der Waals surface area contributed by atoms with Crippen LogP contribution in [0.4, 0.5) is 22.0 Å². The van der Waals surface area contributed by atoms with Gasteiger partial charge >= 0.3 is 6.18 Å². The Hall–Kier alpha value is -2.51. The highest BCUT2D eigenvalue weighted by atomic mass is 19.4. The van der Waals surface area contributed by atoms with Crippen LogP contribution >= 0.6 is 0 Å². The second kappa shape index (κ2) is 5.47. The van der Waals surface area contributed by atoms with Gasteiger partial charge in [0.1, 0.15) is 11.4 Å². The van der Waals surface area contributed by atoms with Gasteiger partial charge in [0.2, 0.25) is 5.82 Å². The molecule has 0 N–H and O–H groups in total. The van der Waals surface area contributed by atoms with Crippen molar-refractivity contribution < 1.29 is 31.5 Å². The number of rotatable bonds is 3. The van der Waals surface area contributed by atoms with Crippen LogP contribution in [0.5, 0.6) is 11.5 Å². The van der Waals surface area contributed by atoms with E-state index in [1.165, 1.54) is 0 Å². The Morgan fingerprint density at radius 2 is 1.81 bits per heavy atom. The second-order valence-electron chi connectivity index (χ2n) is 3.88. The predicted molar refractivity (Wildman–Crippen MR) is 61.1 cm³/mol. The molecule has 3 nitrogen and oxygen atoms in total. The van der Waals surface area contributed by atoms with Crippen molar-refractivity contribution in [1.82, 2.24) is 4.98 Å². The van der Waals surface area contributed by atoms with Crippen molar-refractivity contribution in [1.29, 1.82) is 0 Å². The first-order valence-corrected chi connectivity index (χ1v) is 5.47. The van der Waals surface area contributed by atoms with Crippen molar-refractivity contribution in [2.24, 2.45) is 0 Å². The van der Waals surface area contributed by atoms with E-state index in [2.05, 4.69) is 4.98 Å². The third kappa shape index (κ3) is 3.15. The van der Waals surface area contributed by atoms with E-state index in [9.17, 15) is 26.7 Å². The minimum absolute atomic E-state index is 0.108. The molecular weight excluding hydrogens is 297 g/mol. The summed E-state index contributed by atoms with van der Waals surface area (Å²) < 4.78 is 69.2. The van der Waals surface area contributed by atoms with Crippen molar-refractivity contribution in [2.75, 3.05) is 0 Å². The monoisotopic (exact) mass is 303 g/mol. The number of ether oxygens (including phenoxy) is 1. The van der Waals surface area contributed by atoms with Crippen molar-refractivity contribution in [3.05, 3.63) is 53.4 Å². The van der Waals surface area contributed by atoms with E-state index in [4.69, 9.17) is 4.74 Å². The fraction of sp³-hybridized carbons (Fsp3) is 0.0769. The first-order chi connectivity index (χ1) is 9.82. The van der Waals surface area contributed by atoms with E-state index in [0.29, 0.717) is 6.07 Å². The van der Waals surface area contributed by atoms with Gasteiger partial charge in [-0.2, -0.15) is 17.6 Å². The van der Waals surface area contributed by atoms with Crippen molar-refractivity contribution in [2.45, 2.75) is 6.18 Å².